The predicted molar refractivity (Wildman–Crippen MR) is 85.0 cm³/mol. The predicted octanol–water partition coefficient (Wildman–Crippen LogP) is 2.06. The summed E-state index contributed by atoms with van der Waals surface area (Å²) in [5, 5.41) is 2.66. The van der Waals surface area contributed by atoms with Crippen LogP contribution in [-0.4, -0.2) is 50.1 Å². The van der Waals surface area contributed by atoms with Gasteiger partial charge in [0, 0.05) is 38.6 Å². The van der Waals surface area contributed by atoms with Crippen molar-refractivity contribution in [1.29, 1.82) is 0 Å². The molecule has 2 aliphatic rings. The van der Waals surface area contributed by atoms with Gasteiger partial charge in [-0.3, -0.25) is 9.59 Å². The normalized spacial score (nSPS) is 19.1. The van der Waals surface area contributed by atoms with Crippen LogP contribution < -0.4 is 5.32 Å². The summed E-state index contributed by atoms with van der Waals surface area (Å²) < 4.78 is 4.94. The first kappa shape index (κ1) is 19.9. The van der Waals surface area contributed by atoms with Crippen molar-refractivity contribution in [2.75, 3.05) is 27.2 Å². The van der Waals surface area contributed by atoms with Gasteiger partial charge >= 0.3 is 0 Å². The fourth-order valence-corrected chi connectivity index (χ4v) is 2.52. The number of amides is 2. The first-order valence-electron chi connectivity index (χ1n) is 7.71. The summed E-state index contributed by atoms with van der Waals surface area (Å²) in [6.45, 7) is 11.8. The number of rotatable bonds is 2. The molecule has 2 fully saturated rings. The van der Waals surface area contributed by atoms with E-state index in [9.17, 15) is 9.59 Å². The molecule has 1 saturated heterocycles. The van der Waals surface area contributed by atoms with E-state index in [2.05, 4.69) is 5.32 Å². The van der Waals surface area contributed by atoms with Gasteiger partial charge in [0.1, 0.15) is 0 Å². The molecular weight excluding hydrogens is 268 g/mol. The van der Waals surface area contributed by atoms with Crippen LogP contribution in [0.5, 0.6) is 0 Å². The second kappa shape index (κ2) is 8.37. The molecule has 1 heterocycles. The summed E-state index contributed by atoms with van der Waals surface area (Å²) in [6.07, 6.45) is 2.80. The van der Waals surface area contributed by atoms with Crippen LogP contribution in [0.4, 0.5) is 0 Å². The summed E-state index contributed by atoms with van der Waals surface area (Å²) in [6, 6.07) is 0. The van der Waals surface area contributed by atoms with Gasteiger partial charge in [-0.05, 0) is 33.6 Å². The molecule has 2 rings (SSSR count). The van der Waals surface area contributed by atoms with Crippen molar-refractivity contribution in [2.45, 2.75) is 53.1 Å². The third-order valence-corrected chi connectivity index (χ3v) is 3.81. The average Bonchev–Trinajstić information content (AvgIpc) is 2.38. The lowest BCUT2D eigenvalue weighted by Gasteiger charge is -2.57. The zero-order chi connectivity index (χ0) is 16.7. The van der Waals surface area contributed by atoms with Crippen molar-refractivity contribution in [1.82, 2.24) is 10.2 Å². The van der Waals surface area contributed by atoms with Gasteiger partial charge in [-0.2, -0.15) is 0 Å². The Kier molecular flexibility index (Phi) is 7.93. The lowest BCUT2D eigenvalue weighted by molar-refractivity contribution is -0.150. The van der Waals surface area contributed by atoms with Gasteiger partial charge in [-0.25, -0.2) is 0 Å². The SMILES string of the molecule is CC.CNC(=O)C1CC2(C1)CN(C=O)C2.COC(C)(C)C. The van der Waals surface area contributed by atoms with Crippen molar-refractivity contribution in [3.05, 3.63) is 0 Å². The van der Waals surface area contributed by atoms with Crippen molar-refractivity contribution >= 4 is 12.3 Å². The van der Waals surface area contributed by atoms with Crippen LogP contribution in [0.2, 0.25) is 0 Å². The molecule has 0 radical (unpaired) electrons. The van der Waals surface area contributed by atoms with Gasteiger partial charge in [0.2, 0.25) is 12.3 Å². The lowest BCUT2D eigenvalue weighted by Crippen LogP contribution is -2.63. The summed E-state index contributed by atoms with van der Waals surface area (Å²) in [7, 11) is 3.38. The van der Waals surface area contributed by atoms with E-state index in [-0.39, 0.29) is 17.4 Å². The zero-order valence-electron chi connectivity index (χ0n) is 14.7. The molecule has 0 bridgehead atoms. The van der Waals surface area contributed by atoms with Gasteiger partial charge in [-0.15, -0.1) is 0 Å². The van der Waals surface area contributed by atoms with E-state index in [0.717, 1.165) is 32.3 Å². The molecule has 124 valence electrons. The maximum atomic E-state index is 11.2. The van der Waals surface area contributed by atoms with Gasteiger partial charge in [0.05, 0.1) is 5.60 Å². The third-order valence-electron chi connectivity index (χ3n) is 3.81. The Hall–Kier alpha value is -1.10. The molecule has 1 aliphatic carbocycles. The second-order valence-electron chi connectivity index (χ2n) is 6.55. The summed E-state index contributed by atoms with van der Waals surface area (Å²) in [4.78, 5) is 23.3. The van der Waals surface area contributed by atoms with E-state index in [4.69, 9.17) is 4.74 Å². The monoisotopic (exact) mass is 300 g/mol. The van der Waals surface area contributed by atoms with Gasteiger partial charge in [-0.1, -0.05) is 13.8 Å². The Labute approximate surface area is 129 Å². The van der Waals surface area contributed by atoms with Gasteiger partial charge in [0.25, 0.3) is 0 Å². The highest BCUT2D eigenvalue weighted by atomic mass is 16.5. The van der Waals surface area contributed by atoms with E-state index in [0.29, 0.717) is 5.41 Å². The molecule has 0 aromatic heterocycles. The lowest BCUT2D eigenvalue weighted by atomic mass is 9.57. The smallest absolute Gasteiger partial charge is 0.222 e. The van der Waals surface area contributed by atoms with Crippen molar-refractivity contribution < 1.29 is 14.3 Å². The minimum atomic E-state index is 0.0417. The second-order valence-corrected chi connectivity index (χ2v) is 6.55. The number of nitrogens with one attached hydrogen (secondary N) is 1. The van der Waals surface area contributed by atoms with Crippen LogP contribution >= 0.6 is 0 Å². The number of hydrogen-bond acceptors (Lipinski definition) is 3. The first-order valence-corrected chi connectivity index (χ1v) is 7.71. The Morgan fingerprint density at radius 2 is 1.71 bits per heavy atom. The fourth-order valence-electron chi connectivity index (χ4n) is 2.52. The average molecular weight is 300 g/mol. The van der Waals surface area contributed by atoms with Crippen LogP contribution in [0.15, 0.2) is 0 Å². The Bertz CT molecular complexity index is 323. The number of carbonyl (C=O) groups is 2. The van der Waals surface area contributed by atoms with Crippen molar-refractivity contribution in [3.8, 4) is 0 Å². The number of hydrogen-bond donors (Lipinski definition) is 1. The van der Waals surface area contributed by atoms with Crippen LogP contribution in [0, 0.1) is 11.3 Å². The highest BCUT2D eigenvalue weighted by Gasteiger charge is 2.53. The molecule has 1 spiro atoms. The van der Waals surface area contributed by atoms with Gasteiger partial charge in [0.15, 0.2) is 0 Å². The Morgan fingerprint density at radius 1 is 1.29 bits per heavy atom. The largest absolute Gasteiger partial charge is 0.379 e. The molecule has 1 saturated carbocycles. The molecule has 0 aromatic rings. The molecule has 1 N–H and O–H groups in total. The van der Waals surface area contributed by atoms with E-state index in [1.165, 1.54) is 0 Å². The minimum Gasteiger partial charge on any atom is -0.379 e. The topological polar surface area (TPSA) is 58.6 Å². The standard InChI is InChI=1S/C9H14N2O2.C5H12O.C2H6/c1-10-8(13)7-2-9(3-7)4-11(5-9)6-12;1-5(2,3)6-4;1-2/h6-7H,2-5H2,1H3,(H,10,13);1-4H3;1-2H3. The summed E-state index contributed by atoms with van der Waals surface area (Å²) >= 11 is 0. The highest BCUT2D eigenvalue weighted by Crippen LogP contribution is 2.51. The zero-order valence-corrected chi connectivity index (χ0v) is 14.7. The van der Waals surface area contributed by atoms with Crippen molar-refractivity contribution in [3.63, 3.8) is 0 Å². The van der Waals surface area contributed by atoms with E-state index >= 15 is 0 Å². The number of carbonyl (C=O) groups excluding carboxylic acids is 2. The maximum Gasteiger partial charge on any atom is 0.222 e. The van der Waals surface area contributed by atoms with Crippen LogP contribution in [-0.2, 0) is 14.3 Å². The quantitative estimate of drug-likeness (QED) is 0.794. The third kappa shape index (κ3) is 6.04. The molecule has 5 heteroatoms. The number of likely N-dealkylation sites (tertiary alicyclic amines) is 1. The Morgan fingerprint density at radius 3 is 2.00 bits per heavy atom. The summed E-state index contributed by atoms with van der Waals surface area (Å²) in [5.74, 6) is 0.342. The molecule has 2 amide bonds. The molecule has 0 atom stereocenters. The van der Waals surface area contributed by atoms with Gasteiger partial charge < -0.3 is 15.0 Å². The van der Waals surface area contributed by atoms with E-state index < -0.39 is 0 Å². The first-order chi connectivity index (χ1) is 9.75. The minimum absolute atomic E-state index is 0.0417. The fraction of sp³-hybridized carbons (Fsp3) is 0.875. The highest BCUT2D eigenvalue weighted by molar-refractivity contribution is 5.79. The molecule has 0 aromatic carbocycles. The van der Waals surface area contributed by atoms with Crippen molar-refractivity contribution in [2.24, 2.45) is 11.3 Å². The number of nitrogens with zero attached hydrogens (tertiary/aromatic N) is 1. The number of methoxy groups -OCH3 is 1. The molecular formula is C16H32N2O3. The molecule has 0 unspecified atom stereocenters. The maximum absolute atomic E-state index is 11.2. The molecule has 21 heavy (non-hydrogen) atoms. The molecule has 1 aliphatic heterocycles. The number of ether oxygens (including phenoxy) is 1. The Balaban J connectivity index is 0.000000427. The van der Waals surface area contributed by atoms with Crippen LogP contribution in [0.1, 0.15) is 47.5 Å². The van der Waals surface area contributed by atoms with Crippen LogP contribution in [0.25, 0.3) is 0 Å². The van der Waals surface area contributed by atoms with Crippen LogP contribution in [0.3, 0.4) is 0 Å². The molecule has 5 nitrogen and oxygen atoms in total. The van der Waals surface area contributed by atoms with E-state index in [1.807, 2.05) is 34.6 Å². The summed E-state index contributed by atoms with van der Waals surface area (Å²) in [5.41, 5.74) is 0.345. The van der Waals surface area contributed by atoms with E-state index in [1.54, 1.807) is 19.1 Å².